The van der Waals surface area contributed by atoms with Gasteiger partial charge in [-0.1, -0.05) is 42.5 Å². The van der Waals surface area contributed by atoms with Crippen molar-refractivity contribution >= 4 is 5.78 Å². The van der Waals surface area contributed by atoms with Gasteiger partial charge in [0.1, 0.15) is 0 Å². The van der Waals surface area contributed by atoms with Crippen LogP contribution in [-0.4, -0.2) is 25.3 Å². The monoisotopic (exact) mass is 270 g/mol. The Morgan fingerprint density at radius 2 is 2.05 bits per heavy atom. The van der Waals surface area contributed by atoms with Gasteiger partial charge in [0, 0.05) is 24.9 Å². The van der Waals surface area contributed by atoms with Crippen LogP contribution in [0.3, 0.4) is 0 Å². The van der Waals surface area contributed by atoms with Crippen LogP contribution in [0.5, 0.6) is 0 Å². The lowest BCUT2D eigenvalue weighted by Gasteiger charge is -2.52. The molecule has 0 aromatic heterocycles. The van der Waals surface area contributed by atoms with Gasteiger partial charge in [-0.15, -0.1) is 0 Å². The highest BCUT2D eigenvalue weighted by atomic mass is 16.7. The van der Waals surface area contributed by atoms with E-state index < -0.39 is 11.2 Å². The predicted molar refractivity (Wildman–Crippen MR) is 74.1 cm³/mol. The van der Waals surface area contributed by atoms with Gasteiger partial charge >= 0.3 is 0 Å². The Bertz CT molecular complexity index is 594. The number of ether oxygens (including phenoxy) is 2. The molecule has 0 spiro atoms. The lowest BCUT2D eigenvalue weighted by molar-refractivity contribution is -0.220. The van der Waals surface area contributed by atoms with Crippen LogP contribution < -0.4 is 0 Å². The maximum Gasteiger partial charge on any atom is 0.236 e. The Morgan fingerprint density at radius 3 is 2.75 bits per heavy atom. The van der Waals surface area contributed by atoms with Crippen molar-refractivity contribution in [3.8, 4) is 0 Å². The van der Waals surface area contributed by atoms with E-state index in [1.54, 1.807) is 7.11 Å². The maximum atomic E-state index is 13.0. The number of carbonyl (C=O) groups excluding carboxylic acids is 1. The van der Waals surface area contributed by atoms with Crippen molar-refractivity contribution in [3.05, 3.63) is 48.0 Å². The van der Waals surface area contributed by atoms with Gasteiger partial charge in [0.25, 0.3) is 0 Å². The smallest absolute Gasteiger partial charge is 0.236 e. The van der Waals surface area contributed by atoms with Crippen molar-refractivity contribution in [2.24, 2.45) is 17.3 Å². The molecule has 1 saturated heterocycles. The topological polar surface area (TPSA) is 35.5 Å². The highest BCUT2D eigenvalue weighted by Gasteiger charge is 2.70. The summed E-state index contributed by atoms with van der Waals surface area (Å²) < 4.78 is 11.4. The molecule has 1 heterocycles. The summed E-state index contributed by atoms with van der Waals surface area (Å²) >= 11 is 0. The summed E-state index contributed by atoms with van der Waals surface area (Å²) in [6, 6.07) is 10.3. The Labute approximate surface area is 118 Å². The molecule has 3 heteroatoms. The number of carbonyl (C=O) groups is 1. The zero-order chi connectivity index (χ0) is 14.0. The summed E-state index contributed by atoms with van der Waals surface area (Å²) in [5.74, 6) is -0.448. The fourth-order valence-corrected chi connectivity index (χ4v) is 4.48. The molecule has 3 nitrogen and oxygen atoms in total. The van der Waals surface area contributed by atoms with Gasteiger partial charge < -0.3 is 9.47 Å². The summed E-state index contributed by atoms with van der Waals surface area (Å²) in [6.45, 7) is 2.61. The van der Waals surface area contributed by atoms with Crippen LogP contribution >= 0.6 is 0 Å². The molecule has 0 unspecified atom stereocenters. The summed E-state index contributed by atoms with van der Waals surface area (Å²) in [6.07, 6.45) is 4.20. The molecule has 5 atom stereocenters. The van der Waals surface area contributed by atoms with E-state index in [2.05, 4.69) is 24.3 Å². The Kier molecular flexibility index (Phi) is 2.34. The Morgan fingerprint density at radius 1 is 1.30 bits per heavy atom. The molecular weight excluding hydrogens is 252 g/mol. The first-order chi connectivity index (χ1) is 9.63. The van der Waals surface area contributed by atoms with Gasteiger partial charge in [0.15, 0.2) is 0 Å². The minimum atomic E-state index is -1.04. The lowest BCUT2D eigenvalue weighted by Crippen LogP contribution is -2.61. The van der Waals surface area contributed by atoms with E-state index in [0.29, 0.717) is 12.5 Å². The molecule has 4 aliphatic rings. The van der Waals surface area contributed by atoms with E-state index in [1.165, 1.54) is 5.56 Å². The Hall–Kier alpha value is -1.45. The van der Waals surface area contributed by atoms with Crippen molar-refractivity contribution in [1.82, 2.24) is 0 Å². The van der Waals surface area contributed by atoms with Crippen LogP contribution in [0.1, 0.15) is 18.4 Å². The maximum absolute atomic E-state index is 13.0. The minimum Gasteiger partial charge on any atom is -0.346 e. The number of rotatable bonds is 2. The molecule has 1 saturated carbocycles. The first-order valence-corrected chi connectivity index (χ1v) is 7.12. The van der Waals surface area contributed by atoms with Crippen LogP contribution in [0.4, 0.5) is 0 Å². The average Bonchev–Trinajstić information content (AvgIpc) is 2.83. The van der Waals surface area contributed by atoms with Crippen molar-refractivity contribution in [3.63, 3.8) is 0 Å². The SMILES string of the molecule is CO[C@]12OC[C@H]3[C@@H](c4ccccc4)[C@](C)(C=C[C@@H]31)C2=O. The zero-order valence-electron chi connectivity index (χ0n) is 11.7. The fraction of sp³-hybridized carbons (Fsp3) is 0.471. The largest absolute Gasteiger partial charge is 0.346 e. The van der Waals surface area contributed by atoms with Gasteiger partial charge in [0.2, 0.25) is 11.6 Å². The van der Waals surface area contributed by atoms with E-state index in [1.807, 2.05) is 25.1 Å². The summed E-state index contributed by atoms with van der Waals surface area (Å²) in [5, 5.41) is 0. The number of hydrogen-bond acceptors (Lipinski definition) is 3. The van der Waals surface area contributed by atoms with E-state index in [-0.39, 0.29) is 17.6 Å². The van der Waals surface area contributed by atoms with Crippen LogP contribution in [-0.2, 0) is 14.3 Å². The molecule has 4 bridgehead atoms. The molecular formula is C17H18O3. The van der Waals surface area contributed by atoms with Crippen molar-refractivity contribution in [2.45, 2.75) is 18.6 Å². The van der Waals surface area contributed by atoms with E-state index >= 15 is 0 Å². The highest BCUT2D eigenvalue weighted by Crippen LogP contribution is 2.62. The second kappa shape index (κ2) is 3.80. The van der Waals surface area contributed by atoms with Gasteiger partial charge in [-0.25, -0.2) is 0 Å². The van der Waals surface area contributed by atoms with Crippen LogP contribution in [0.2, 0.25) is 0 Å². The average molecular weight is 270 g/mol. The molecule has 2 fully saturated rings. The fourth-order valence-electron chi connectivity index (χ4n) is 4.48. The second-order valence-electron chi connectivity index (χ2n) is 6.23. The third-order valence-corrected chi connectivity index (χ3v) is 5.38. The summed E-state index contributed by atoms with van der Waals surface area (Å²) in [7, 11) is 1.58. The molecule has 0 radical (unpaired) electrons. The highest BCUT2D eigenvalue weighted by molar-refractivity contribution is 5.97. The number of ketones is 1. The number of allylic oxidation sites excluding steroid dienone is 1. The van der Waals surface area contributed by atoms with E-state index in [4.69, 9.17) is 9.47 Å². The first kappa shape index (κ1) is 12.3. The summed E-state index contributed by atoms with van der Waals surface area (Å²) in [4.78, 5) is 13.0. The van der Waals surface area contributed by atoms with Gasteiger partial charge in [-0.05, 0) is 12.5 Å². The molecule has 1 aliphatic heterocycles. The van der Waals surface area contributed by atoms with E-state index in [9.17, 15) is 4.79 Å². The van der Waals surface area contributed by atoms with Crippen molar-refractivity contribution < 1.29 is 14.3 Å². The van der Waals surface area contributed by atoms with Gasteiger partial charge in [-0.3, -0.25) is 4.79 Å². The van der Waals surface area contributed by atoms with E-state index in [0.717, 1.165) is 0 Å². The van der Waals surface area contributed by atoms with Crippen LogP contribution in [0.15, 0.2) is 42.5 Å². The van der Waals surface area contributed by atoms with Crippen LogP contribution in [0.25, 0.3) is 0 Å². The molecule has 5 rings (SSSR count). The quantitative estimate of drug-likeness (QED) is 0.775. The normalized spacial score (nSPS) is 45.1. The Balaban J connectivity index is 1.90. The van der Waals surface area contributed by atoms with Crippen molar-refractivity contribution in [1.29, 1.82) is 0 Å². The van der Waals surface area contributed by atoms with Gasteiger partial charge in [-0.2, -0.15) is 0 Å². The molecule has 1 aromatic rings. The zero-order valence-corrected chi connectivity index (χ0v) is 11.7. The van der Waals surface area contributed by atoms with Crippen molar-refractivity contribution in [2.75, 3.05) is 13.7 Å². The third kappa shape index (κ3) is 1.21. The van der Waals surface area contributed by atoms with Gasteiger partial charge in [0.05, 0.1) is 12.0 Å². The number of hydrogen-bond donors (Lipinski definition) is 0. The number of methoxy groups -OCH3 is 1. The molecule has 0 N–H and O–H groups in total. The molecule has 20 heavy (non-hydrogen) atoms. The summed E-state index contributed by atoms with van der Waals surface area (Å²) in [5.41, 5.74) is 0.686. The minimum absolute atomic E-state index is 0.0343. The van der Waals surface area contributed by atoms with Crippen LogP contribution in [0, 0.1) is 17.3 Å². The standard InChI is InChI=1S/C17H18O3/c1-16-9-8-13-12(10-20-17(13,19-2)15(16)18)14(16)11-6-4-3-5-7-11/h3-9,12-14H,10H2,1-2H3/t12-,13+,14-,16+,17+/m1/s1. The molecule has 3 aliphatic carbocycles. The lowest BCUT2D eigenvalue weighted by atomic mass is 9.51. The second-order valence-corrected chi connectivity index (χ2v) is 6.23. The number of Topliss-reactive ketones (excluding diaryl/α,β-unsaturated/α-hetero) is 1. The number of benzene rings is 1. The first-order valence-electron chi connectivity index (χ1n) is 7.12. The predicted octanol–water partition coefficient (Wildman–Crippen LogP) is 2.53. The molecule has 0 amide bonds. The third-order valence-electron chi connectivity index (χ3n) is 5.38. The molecule has 1 aromatic carbocycles. The molecule has 104 valence electrons.